The average molecular weight is 364 g/mol. The molecule has 1 aromatic heterocycles. The van der Waals surface area contributed by atoms with E-state index >= 15 is 0 Å². The van der Waals surface area contributed by atoms with Crippen LogP contribution in [0.5, 0.6) is 0 Å². The second-order valence-corrected chi connectivity index (χ2v) is 5.81. The van der Waals surface area contributed by atoms with E-state index in [0.29, 0.717) is 28.6 Å². The molecule has 0 atom stereocenters. The molecule has 3 rings (SSSR count). The summed E-state index contributed by atoms with van der Waals surface area (Å²) in [6.45, 7) is 0.562. The maximum atomic E-state index is 12.2. The van der Waals surface area contributed by atoms with Crippen LogP contribution >= 0.6 is 11.6 Å². The standard InChI is InChI=1S/C19H14ClN5O/c20-15-7-5-13(6-8-15)10-23-18-12-22-17(11-24-18)19(26)25-16-4-2-1-3-14(16)9-21/h1-8,11-12H,10H2,(H,23,24)(H,25,26). The monoisotopic (exact) mass is 363 g/mol. The van der Waals surface area contributed by atoms with Crippen LogP contribution < -0.4 is 10.6 Å². The molecule has 0 bridgehead atoms. The van der Waals surface area contributed by atoms with Crippen molar-refractivity contribution >= 4 is 29.0 Å². The molecular weight excluding hydrogens is 350 g/mol. The Labute approximate surface area is 155 Å². The van der Waals surface area contributed by atoms with Crippen LogP contribution in [0.1, 0.15) is 21.6 Å². The van der Waals surface area contributed by atoms with Crippen LogP contribution in [0.15, 0.2) is 60.9 Å². The van der Waals surface area contributed by atoms with E-state index in [0.717, 1.165) is 5.56 Å². The third kappa shape index (κ3) is 4.35. The van der Waals surface area contributed by atoms with Gasteiger partial charge in [0.05, 0.1) is 23.6 Å². The summed E-state index contributed by atoms with van der Waals surface area (Å²) in [5.41, 5.74) is 2.03. The first-order valence-electron chi connectivity index (χ1n) is 7.76. The molecule has 6 nitrogen and oxygen atoms in total. The van der Waals surface area contributed by atoms with E-state index in [2.05, 4.69) is 20.6 Å². The van der Waals surface area contributed by atoms with E-state index < -0.39 is 5.91 Å². The second kappa shape index (κ2) is 8.10. The van der Waals surface area contributed by atoms with Gasteiger partial charge in [-0.15, -0.1) is 0 Å². The van der Waals surface area contributed by atoms with Gasteiger partial charge in [-0.1, -0.05) is 35.9 Å². The van der Waals surface area contributed by atoms with Crippen LogP contribution in [0.25, 0.3) is 0 Å². The Morgan fingerprint density at radius 1 is 1.08 bits per heavy atom. The first-order valence-corrected chi connectivity index (χ1v) is 8.14. The summed E-state index contributed by atoms with van der Waals surface area (Å²) in [7, 11) is 0. The summed E-state index contributed by atoms with van der Waals surface area (Å²) in [5.74, 6) is 0.123. The van der Waals surface area contributed by atoms with Gasteiger partial charge in [-0.2, -0.15) is 5.26 Å². The lowest BCUT2D eigenvalue weighted by Gasteiger charge is -2.08. The van der Waals surface area contributed by atoms with E-state index in [1.807, 2.05) is 30.3 Å². The molecule has 0 radical (unpaired) electrons. The van der Waals surface area contributed by atoms with Crippen molar-refractivity contribution in [3.63, 3.8) is 0 Å². The Morgan fingerprint density at radius 2 is 1.85 bits per heavy atom. The Balaban J connectivity index is 1.62. The van der Waals surface area contributed by atoms with Crippen LogP contribution in [0, 0.1) is 11.3 Å². The molecule has 0 spiro atoms. The van der Waals surface area contributed by atoms with E-state index in [9.17, 15) is 4.79 Å². The fourth-order valence-electron chi connectivity index (χ4n) is 2.21. The molecule has 0 saturated carbocycles. The number of nitrogens with one attached hydrogen (secondary N) is 2. The molecule has 2 N–H and O–H groups in total. The lowest BCUT2D eigenvalue weighted by molar-refractivity contribution is 0.102. The van der Waals surface area contributed by atoms with Crippen molar-refractivity contribution in [1.82, 2.24) is 9.97 Å². The first-order chi connectivity index (χ1) is 12.7. The highest BCUT2D eigenvalue weighted by molar-refractivity contribution is 6.30. The molecule has 3 aromatic rings. The maximum absolute atomic E-state index is 12.2. The quantitative estimate of drug-likeness (QED) is 0.718. The summed E-state index contributed by atoms with van der Waals surface area (Å²) in [6, 6.07) is 16.3. The molecule has 1 heterocycles. The Hall–Kier alpha value is -3.43. The van der Waals surface area contributed by atoms with Crippen LogP contribution in [-0.4, -0.2) is 15.9 Å². The first kappa shape index (κ1) is 17.4. The highest BCUT2D eigenvalue weighted by Gasteiger charge is 2.10. The number of halogens is 1. The highest BCUT2D eigenvalue weighted by atomic mass is 35.5. The molecule has 2 aromatic carbocycles. The summed E-state index contributed by atoms with van der Waals surface area (Å²) in [4.78, 5) is 20.6. The van der Waals surface area contributed by atoms with Crippen LogP contribution in [0.3, 0.4) is 0 Å². The number of rotatable bonds is 5. The molecule has 0 unspecified atom stereocenters. The number of para-hydroxylation sites is 1. The van der Waals surface area contributed by atoms with E-state index in [1.165, 1.54) is 12.4 Å². The minimum atomic E-state index is -0.426. The fraction of sp³-hybridized carbons (Fsp3) is 0.0526. The number of anilines is 2. The zero-order chi connectivity index (χ0) is 18.4. The predicted molar refractivity (Wildman–Crippen MR) is 99.9 cm³/mol. The largest absolute Gasteiger partial charge is 0.365 e. The SMILES string of the molecule is N#Cc1ccccc1NC(=O)c1cnc(NCc2ccc(Cl)cc2)cn1. The number of nitrogens with zero attached hydrogens (tertiary/aromatic N) is 3. The van der Waals surface area contributed by atoms with Crippen molar-refractivity contribution in [2.24, 2.45) is 0 Å². The second-order valence-electron chi connectivity index (χ2n) is 5.38. The van der Waals surface area contributed by atoms with Gasteiger partial charge in [-0.25, -0.2) is 9.97 Å². The normalized spacial score (nSPS) is 10.0. The third-order valence-electron chi connectivity index (χ3n) is 3.57. The van der Waals surface area contributed by atoms with Crippen molar-refractivity contribution in [2.75, 3.05) is 10.6 Å². The van der Waals surface area contributed by atoms with Gasteiger partial charge in [-0.3, -0.25) is 4.79 Å². The summed E-state index contributed by atoms with van der Waals surface area (Å²) < 4.78 is 0. The molecule has 1 amide bonds. The Kier molecular flexibility index (Phi) is 5.42. The molecule has 0 saturated heterocycles. The van der Waals surface area contributed by atoms with Gasteiger partial charge < -0.3 is 10.6 Å². The predicted octanol–water partition coefficient (Wildman–Crippen LogP) is 3.87. The van der Waals surface area contributed by atoms with Gasteiger partial charge in [0, 0.05) is 11.6 Å². The van der Waals surface area contributed by atoms with Gasteiger partial charge >= 0.3 is 0 Å². The molecule has 26 heavy (non-hydrogen) atoms. The van der Waals surface area contributed by atoms with Crippen LogP contribution in [-0.2, 0) is 6.54 Å². The number of benzene rings is 2. The van der Waals surface area contributed by atoms with Gasteiger partial charge in [-0.05, 0) is 29.8 Å². The lowest BCUT2D eigenvalue weighted by atomic mass is 10.2. The minimum Gasteiger partial charge on any atom is -0.365 e. The van der Waals surface area contributed by atoms with E-state index in [-0.39, 0.29) is 5.69 Å². The number of nitriles is 1. The van der Waals surface area contributed by atoms with Gasteiger partial charge in [0.2, 0.25) is 0 Å². The summed E-state index contributed by atoms with van der Waals surface area (Å²) in [6.07, 6.45) is 2.87. The van der Waals surface area contributed by atoms with Crippen LogP contribution in [0.2, 0.25) is 5.02 Å². The molecule has 0 fully saturated rings. The smallest absolute Gasteiger partial charge is 0.275 e. The number of hydrogen-bond donors (Lipinski definition) is 2. The zero-order valence-electron chi connectivity index (χ0n) is 13.6. The average Bonchev–Trinajstić information content (AvgIpc) is 2.68. The fourth-order valence-corrected chi connectivity index (χ4v) is 2.33. The Bertz CT molecular complexity index is 949. The molecule has 0 aliphatic heterocycles. The van der Waals surface area contributed by atoms with Crippen molar-refractivity contribution in [2.45, 2.75) is 6.54 Å². The summed E-state index contributed by atoms with van der Waals surface area (Å²) >= 11 is 5.85. The zero-order valence-corrected chi connectivity index (χ0v) is 14.4. The molecule has 0 aliphatic rings. The van der Waals surface area contributed by atoms with Crippen molar-refractivity contribution < 1.29 is 4.79 Å². The van der Waals surface area contributed by atoms with Crippen molar-refractivity contribution in [3.8, 4) is 6.07 Å². The topological polar surface area (TPSA) is 90.7 Å². The maximum Gasteiger partial charge on any atom is 0.275 e. The number of carbonyl (C=O) groups is 1. The lowest BCUT2D eigenvalue weighted by Crippen LogP contribution is -2.15. The molecule has 0 aliphatic carbocycles. The third-order valence-corrected chi connectivity index (χ3v) is 3.82. The van der Waals surface area contributed by atoms with Crippen molar-refractivity contribution in [3.05, 3.63) is 82.8 Å². The van der Waals surface area contributed by atoms with E-state index in [4.69, 9.17) is 16.9 Å². The number of carbonyl (C=O) groups excluding carboxylic acids is 1. The number of aromatic nitrogens is 2. The number of amides is 1. The molecule has 7 heteroatoms. The minimum absolute atomic E-state index is 0.162. The Morgan fingerprint density at radius 3 is 2.54 bits per heavy atom. The van der Waals surface area contributed by atoms with Gasteiger partial charge in [0.1, 0.15) is 17.6 Å². The number of hydrogen-bond acceptors (Lipinski definition) is 5. The highest BCUT2D eigenvalue weighted by Crippen LogP contribution is 2.15. The van der Waals surface area contributed by atoms with Crippen molar-refractivity contribution in [1.29, 1.82) is 5.26 Å². The van der Waals surface area contributed by atoms with Gasteiger partial charge in [0.25, 0.3) is 5.91 Å². The van der Waals surface area contributed by atoms with Crippen LogP contribution in [0.4, 0.5) is 11.5 Å². The molecule has 128 valence electrons. The summed E-state index contributed by atoms with van der Waals surface area (Å²) in [5, 5.41) is 15.5. The van der Waals surface area contributed by atoms with E-state index in [1.54, 1.807) is 24.3 Å². The molecular formula is C19H14ClN5O. The van der Waals surface area contributed by atoms with Gasteiger partial charge in [0.15, 0.2) is 0 Å².